The number of nitrogens with zero attached hydrogens (tertiary/aromatic N) is 3. The van der Waals surface area contributed by atoms with Crippen molar-refractivity contribution in [1.82, 2.24) is 20.1 Å². The summed E-state index contributed by atoms with van der Waals surface area (Å²) in [6, 6.07) is 17.0. The number of ether oxygens (including phenoxy) is 3. The van der Waals surface area contributed by atoms with Crippen molar-refractivity contribution in [3.05, 3.63) is 81.8 Å². The lowest BCUT2D eigenvalue weighted by atomic mass is 9.95. The Hall–Kier alpha value is -4.37. The van der Waals surface area contributed by atoms with Crippen molar-refractivity contribution in [2.75, 3.05) is 46.4 Å². The number of nitrogens with one attached hydrogen (secondary N) is 1. The fraction of sp³-hybridized carbons (Fsp3) is 0.655. The van der Waals surface area contributed by atoms with Gasteiger partial charge in [-0.1, -0.05) is 131 Å². The molecular formula is C55H96N6O7S. The van der Waals surface area contributed by atoms with Crippen LogP contribution in [0.25, 0.3) is 0 Å². The third kappa shape index (κ3) is 31.5. The molecule has 5 N–H and O–H groups in total. The molecule has 0 saturated carbocycles. The van der Waals surface area contributed by atoms with Gasteiger partial charge in [0.2, 0.25) is 12.3 Å². The van der Waals surface area contributed by atoms with Crippen molar-refractivity contribution in [1.29, 1.82) is 0 Å². The number of hydrogen-bond acceptors (Lipinski definition) is 11. The number of thiazole rings is 1. The standard InChI is InChI=1S/C43H64N4O6S.C7H17N.2C2H6.CH3NO/c1-6-9-17-40(48)47(25-7-2)38(32(4)5)29-39(52-26-8-3)43-46-37(31-54-43)42(50)45-35(20-23-41(49)53-30-34-15-11-10-12-16-34)28-33-18-21-36(22-19-33)51-27-14-13-24-44;1-4-6-7-8(3)5-2;2*1-2;2-1-3/h10-12,15-16,18-19,21-22,31-32,35,38-39H,6-9,13-14,17,20,23-30,44H2,1-5H3,(H,45,50);4-7H2,1-3H3;2*1-2H3;1H,(H2,2,3). The lowest BCUT2D eigenvalue weighted by Gasteiger charge is -2.36. The number of benzene rings is 2. The maximum atomic E-state index is 13.8. The summed E-state index contributed by atoms with van der Waals surface area (Å²) in [7, 11) is 2.16. The molecular weight excluding hydrogens is 889 g/mol. The minimum Gasteiger partial charge on any atom is -0.494 e. The maximum absolute atomic E-state index is 13.8. The Labute approximate surface area is 423 Å². The van der Waals surface area contributed by atoms with E-state index in [1.807, 2.05) is 87.2 Å². The van der Waals surface area contributed by atoms with Crippen LogP contribution >= 0.6 is 11.3 Å². The van der Waals surface area contributed by atoms with Crippen LogP contribution in [0.5, 0.6) is 5.75 Å². The van der Waals surface area contributed by atoms with Gasteiger partial charge in [0.05, 0.1) is 6.61 Å². The van der Waals surface area contributed by atoms with E-state index in [1.165, 1.54) is 37.3 Å². The van der Waals surface area contributed by atoms with Crippen molar-refractivity contribution in [3.63, 3.8) is 0 Å². The zero-order valence-electron chi connectivity index (χ0n) is 45.1. The van der Waals surface area contributed by atoms with Gasteiger partial charge in [0.25, 0.3) is 5.91 Å². The van der Waals surface area contributed by atoms with Gasteiger partial charge in [0.15, 0.2) is 0 Å². The number of esters is 1. The molecule has 0 bridgehead atoms. The van der Waals surface area contributed by atoms with Crippen LogP contribution in [0, 0.1) is 5.92 Å². The maximum Gasteiger partial charge on any atom is 0.306 e. The largest absolute Gasteiger partial charge is 0.494 e. The molecule has 3 atom stereocenters. The Kier molecular flexibility index (Phi) is 43.3. The lowest BCUT2D eigenvalue weighted by molar-refractivity contribution is -0.145. The molecule has 394 valence electrons. The summed E-state index contributed by atoms with van der Waals surface area (Å²) in [6.45, 7) is 28.1. The van der Waals surface area contributed by atoms with E-state index in [4.69, 9.17) is 29.7 Å². The van der Waals surface area contributed by atoms with Crippen LogP contribution in [-0.2, 0) is 36.9 Å². The van der Waals surface area contributed by atoms with Crippen LogP contribution in [0.2, 0.25) is 0 Å². The Bertz CT molecular complexity index is 1680. The second kappa shape index (κ2) is 44.8. The Morgan fingerprint density at radius 3 is 2.03 bits per heavy atom. The van der Waals surface area contributed by atoms with Gasteiger partial charge in [-0.2, -0.15) is 0 Å². The van der Waals surface area contributed by atoms with Crippen molar-refractivity contribution in [2.24, 2.45) is 17.4 Å². The van der Waals surface area contributed by atoms with Crippen LogP contribution in [0.15, 0.2) is 60.0 Å². The van der Waals surface area contributed by atoms with Crippen LogP contribution < -0.4 is 21.5 Å². The zero-order chi connectivity index (χ0) is 52.2. The summed E-state index contributed by atoms with van der Waals surface area (Å²) in [5, 5.41) is 5.65. The highest BCUT2D eigenvalue weighted by Crippen LogP contribution is 2.31. The summed E-state index contributed by atoms with van der Waals surface area (Å²) in [6.07, 6.45) is 10.1. The van der Waals surface area contributed by atoms with E-state index in [9.17, 15) is 14.4 Å². The molecule has 1 heterocycles. The van der Waals surface area contributed by atoms with E-state index in [-0.39, 0.29) is 61.3 Å². The van der Waals surface area contributed by atoms with Gasteiger partial charge >= 0.3 is 5.97 Å². The predicted octanol–water partition coefficient (Wildman–Crippen LogP) is 11.3. The highest BCUT2D eigenvalue weighted by molar-refractivity contribution is 7.09. The number of carbonyl (C=O) groups is 4. The van der Waals surface area contributed by atoms with E-state index in [0.29, 0.717) is 57.7 Å². The molecule has 1 aromatic heterocycles. The first-order valence-electron chi connectivity index (χ1n) is 26.0. The third-order valence-corrected chi connectivity index (χ3v) is 11.6. The number of unbranched alkanes of at least 4 members (excludes halogenated alkanes) is 3. The van der Waals surface area contributed by atoms with Crippen molar-refractivity contribution in [2.45, 2.75) is 184 Å². The molecule has 0 spiro atoms. The Morgan fingerprint density at radius 2 is 1.46 bits per heavy atom. The fourth-order valence-corrected chi connectivity index (χ4v) is 7.68. The van der Waals surface area contributed by atoms with E-state index >= 15 is 0 Å². The molecule has 2 aromatic carbocycles. The first-order chi connectivity index (χ1) is 33.4. The summed E-state index contributed by atoms with van der Waals surface area (Å²) < 4.78 is 17.8. The first-order valence-corrected chi connectivity index (χ1v) is 26.9. The molecule has 0 radical (unpaired) electrons. The zero-order valence-corrected chi connectivity index (χ0v) is 45.9. The van der Waals surface area contributed by atoms with Crippen LogP contribution in [0.4, 0.5) is 0 Å². The highest BCUT2D eigenvalue weighted by atomic mass is 32.1. The highest BCUT2D eigenvalue weighted by Gasteiger charge is 2.31. The number of primary amides is 1. The number of aromatic nitrogens is 1. The molecule has 0 aliphatic carbocycles. The summed E-state index contributed by atoms with van der Waals surface area (Å²) in [5.74, 6) is 0.548. The average molecular weight is 985 g/mol. The van der Waals surface area contributed by atoms with Crippen LogP contribution in [0.1, 0.15) is 186 Å². The SMILES string of the molecule is CC.CC.CCCCC(=O)N(CCC)C(CC(OCCC)c1nc(C(=O)NC(CCC(=O)OCc2ccccc2)Cc2ccc(OCCCCN)cc2)cs1)C(C)C.CCCCN(C)CC.NC=O. The number of rotatable bonds is 31. The van der Waals surface area contributed by atoms with Gasteiger partial charge in [0, 0.05) is 49.9 Å². The molecule has 0 aliphatic rings. The second-order valence-corrected chi connectivity index (χ2v) is 17.5. The topological polar surface area (TPSA) is 179 Å². The molecule has 3 rings (SSSR count). The van der Waals surface area contributed by atoms with Gasteiger partial charge in [-0.15, -0.1) is 11.3 Å². The molecule has 3 amide bonds. The first kappa shape index (κ1) is 66.7. The van der Waals surface area contributed by atoms with E-state index in [1.54, 1.807) is 5.38 Å². The summed E-state index contributed by atoms with van der Waals surface area (Å²) in [5.41, 5.74) is 12.0. The molecule has 0 fully saturated rings. The summed E-state index contributed by atoms with van der Waals surface area (Å²) >= 11 is 1.41. The Morgan fingerprint density at radius 1 is 0.812 bits per heavy atom. The van der Waals surface area contributed by atoms with E-state index in [0.717, 1.165) is 60.4 Å². The average Bonchev–Trinajstić information content (AvgIpc) is 3.87. The smallest absolute Gasteiger partial charge is 0.306 e. The van der Waals surface area contributed by atoms with Crippen LogP contribution in [0.3, 0.4) is 0 Å². The third-order valence-electron chi connectivity index (χ3n) is 10.7. The molecule has 3 aromatic rings. The van der Waals surface area contributed by atoms with Crippen molar-refractivity contribution in [3.8, 4) is 5.75 Å². The molecule has 69 heavy (non-hydrogen) atoms. The van der Waals surface area contributed by atoms with Gasteiger partial charge in [-0.3, -0.25) is 19.2 Å². The molecule has 0 saturated heterocycles. The number of hydrogen-bond donors (Lipinski definition) is 3. The number of carbonyl (C=O) groups excluding carboxylic acids is 4. The Balaban J connectivity index is 0. The molecule has 3 unspecified atom stereocenters. The van der Waals surface area contributed by atoms with Gasteiger partial charge in [0.1, 0.15) is 29.2 Å². The van der Waals surface area contributed by atoms with Crippen LogP contribution in [-0.4, -0.2) is 97.5 Å². The molecule has 14 heteroatoms. The number of nitrogens with two attached hydrogens (primary N) is 2. The summed E-state index contributed by atoms with van der Waals surface area (Å²) in [4.78, 5) is 57.7. The van der Waals surface area contributed by atoms with Gasteiger partial charge < -0.3 is 40.8 Å². The van der Waals surface area contributed by atoms with Gasteiger partial charge in [-0.05, 0) is 107 Å². The van der Waals surface area contributed by atoms with Crippen molar-refractivity contribution >= 4 is 35.5 Å². The quantitative estimate of drug-likeness (QED) is 0.0319. The lowest BCUT2D eigenvalue weighted by Crippen LogP contribution is -2.44. The second-order valence-electron chi connectivity index (χ2n) is 16.6. The van der Waals surface area contributed by atoms with E-state index in [2.05, 4.69) is 71.5 Å². The number of amides is 3. The van der Waals surface area contributed by atoms with Crippen molar-refractivity contribution < 1.29 is 33.4 Å². The monoisotopic (exact) mass is 985 g/mol. The minimum absolute atomic E-state index is 0.0221. The molecule has 13 nitrogen and oxygen atoms in total. The van der Waals surface area contributed by atoms with Gasteiger partial charge in [-0.25, -0.2) is 4.98 Å². The molecule has 0 aliphatic heterocycles. The fourth-order valence-electron chi connectivity index (χ4n) is 6.82. The van der Waals surface area contributed by atoms with E-state index < -0.39 is 0 Å². The normalized spacial score (nSPS) is 11.7. The predicted molar refractivity (Wildman–Crippen MR) is 288 cm³/mol. The minimum atomic E-state index is -0.353.